The Balaban J connectivity index is 1.53. The van der Waals surface area contributed by atoms with Crippen LogP contribution in [-0.4, -0.2) is 43.9 Å². The number of anilines is 2. The van der Waals surface area contributed by atoms with Gasteiger partial charge in [0, 0.05) is 19.3 Å². The second kappa shape index (κ2) is 8.75. The molecule has 0 saturated carbocycles. The van der Waals surface area contributed by atoms with Gasteiger partial charge < -0.3 is 4.90 Å². The maximum absolute atomic E-state index is 12.9. The summed E-state index contributed by atoms with van der Waals surface area (Å²) in [6.07, 6.45) is 2.91. The smallest absolute Gasteiger partial charge is 0.259 e. The molecule has 4 rings (SSSR count). The summed E-state index contributed by atoms with van der Waals surface area (Å²) in [5.41, 5.74) is 1.80. The van der Waals surface area contributed by atoms with Crippen LogP contribution < -0.4 is 10.2 Å². The molecule has 1 aliphatic heterocycles. The molecule has 2 atom stereocenters. The van der Waals surface area contributed by atoms with Gasteiger partial charge in [-0.25, -0.2) is 9.97 Å². The number of aryl methyl sites for hydroxylation is 2. The van der Waals surface area contributed by atoms with E-state index in [-0.39, 0.29) is 11.9 Å². The Morgan fingerprint density at radius 1 is 1.00 bits per heavy atom. The molecule has 3 aromatic rings. The predicted molar refractivity (Wildman–Crippen MR) is 120 cm³/mol. The van der Waals surface area contributed by atoms with Gasteiger partial charge in [-0.2, -0.15) is 9.97 Å². The molecule has 1 N–H and O–H groups in total. The van der Waals surface area contributed by atoms with E-state index in [4.69, 9.17) is 4.98 Å². The van der Waals surface area contributed by atoms with E-state index < -0.39 is 0 Å². The molecule has 1 fully saturated rings. The molecule has 31 heavy (non-hydrogen) atoms. The first-order valence-corrected chi connectivity index (χ1v) is 10.6. The molecule has 0 radical (unpaired) electrons. The second-order valence-electron chi connectivity index (χ2n) is 8.35. The van der Waals surface area contributed by atoms with Gasteiger partial charge in [0.1, 0.15) is 17.3 Å². The number of hydrogen-bond donors (Lipinski definition) is 1. The standard InChI is InChI=1S/C23H27N7O/c1-14-11-15(2)13-30(12-14)20-9-8-18(16(3)25-20)22(31)29-23-27-17(4)26-21(28-23)19-7-5-6-10-24-19/h5-10,14-15H,11-13H2,1-4H3,(H,26,27,28,29,31)/t14-,15+. The average Bonchev–Trinajstić information content (AvgIpc) is 2.73. The fourth-order valence-electron chi connectivity index (χ4n) is 4.13. The van der Waals surface area contributed by atoms with E-state index in [1.807, 2.05) is 37.3 Å². The van der Waals surface area contributed by atoms with Crippen molar-refractivity contribution in [3.05, 3.63) is 53.6 Å². The molecule has 0 unspecified atom stereocenters. The minimum absolute atomic E-state index is 0.195. The molecular formula is C23H27N7O. The van der Waals surface area contributed by atoms with Crippen LogP contribution in [0.1, 0.15) is 42.1 Å². The highest BCUT2D eigenvalue weighted by atomic mass is 16.1. The Bertz CT molecular complexity index is 1080. The fourth-order valence-corrected chi connectivity index (χ4v) is 4.13. The predicted octanol–water partition coefficient (Wildman–Crippen LogP) is 3.68. The lowest BCUT2D eigenvalue weighted by atomic mass is 9.92. The Morgan fingerprint density at radius 2 is 1.77 bits per heavy atom. The number of amides is 1. The molecule has 160 valence electrons. The summed E-state index contributed by atoms with van der Waals surface area (Å²) in [6.45, 7) is 10.1. The van der Waals surface area contributed by atoms with Gasteiger partial charge in [0.25, 0.3) is 5.91 Å². The van der Waals surface area contributed by atoms with Crippen LogP contribution in [0.4, 0.5) is 11.8 Å². The lowest BCUT2D eigenvalue weighted by Gasteiger charge is -2.36. The molecule has 1 saturated heterocycles. The Hall–Kier alpha value is -3.42. The molecule has 1 aliphatic rings. The maximum atomic E-state index is 12.9. The largest absolute Gasteiger partial charge is 0.356 e. The molecule has 0 aliphatic carbocycles. The van der Waals surface area contributed by atoms with Crippen LogP contribution in [-0.2, 0) is 0 Å². The van der Waals surface area contributed by atoms with Gasteiger partial charge in [-0.3, -0.25) is 15.1 Å². The summed E-state index contributed by atoms with van der Waals surface area (Å²) in [5.74, 6) is 3.01. The van der Waals surface area contributed by atoms with Crippen LogP contribution in [0.2, 0.25) is 0 Å². The van der Waals surface area contributed by atoms with Gasteiger partial charge >= 0.3 is 0 Å². The van der Waals surface area contributed by atoms with E-state index in [0.29, 0.717) is 40.4 Å². The van der Waals surface area contributed by atoms with E-state index in [1.165, 1.54) is 6.42 Å². The molecule has 4 heterocycles. The highest BCUT2D eigenvalue weighted by molar-refractivity contribution is 6.04. The molecular weight excluding hydrogens is 390 g/mol. The number of nitrogens with zero attached hydrogens (tertiary/aromatic N) is 6. The molecule has 0 spiro atoms. The number of carbonyl (C=O) groups is 1. The zero-order valence-corrected chi connectivity index (χ0v) is 18.3. The number of nitrogens with one attached hydrogen (secondary N) is 1. The van der Waals surface area contributed by atoms with Gasteiger partial charge in [0.15, 0.2) is 5.82 Å². The number of pyridine rings is 2. The third kappa shape index (κ3) is 4.84. The van der Waals surface area contributed by atoms with E-state index in [0.717, 1.165) is 18.9 Å². The van der Waals surface area contributed by atoms with Crippen molar-refractivity contribution in [2.75, 3.05) is 23.3 Å². The van der Waals surface area contributed by atoms with Gasteiger partial charge in [0.2, 0.25) is 5.95 Å². The number of hydrogen-bond acceptors (Lipinski definition) is 7. The number of piperidine rings is 1. The van der Waals surface area contributed by atoms with Gasteiger partial charge in [0.05, 0.1) is 11.3 Å². The third-order valence-electron chi connectivity index (χ3n) is 5.38. The summed E-state index contributed by atoms with van der Waals surface area (Å²) >= 11 is 0. The summed E-state index contributed by atoms with van der Waals surface area (Å²) in [5, 5.41) is 2.78. The van der Waals surface area contributed by atoms with E-state index in [1.54, 1.807) is 13.1 Å². The van der Waals surface area contributed by atoms with Crippen LogP contribution in [0.5, 0.6) is 0 Å². The van der Waals surface area contributed by atoms with Crippen molar-refractivity contribution in [2.45, 2.75) is 34.1 Å². The maximum Gasteiger partial charge on any atom is 0.259 e. The zero-order valence-electron chi connectivity index (χ0n) is 18.3. The van der Waals surface area contributed by atoms with E-state index in [2.05, 4.69) is 44.0 Å². The van der Waals surface area contributed by atoms with Gasteiger partial charge in [-0.15, -0.1) is 0 Å². The first kappa shape index (κ1) is 20.8. The lowest BCUT2D eigenvalue weighted by molar-refractivity contribution is 0.102. The topological polar surface area (TPSA) is 96.8 Å². The zero-order chi connectivity index (χ0) is 22.0. The molecule has 0 bridgehead atoms. The average molecular weight is 418 g/mol. The van der Waals surface area contributed by atoms with Gasteiger partial charge in [-0.05, 0) is 56.4 Å². The lowest BCUT2D eigenvalue weighted by Crippen LogP contribution is -2.39. The van der Waals surface area contributed by atoms with E-state index in [9.17, 15) is 4.79 Å². The Kier molecular flexibility index (Phi) is 5.88. The normalized spacial score (nSPS) is 18.6. The first-order valence-electron chi connectivity index (χ1n) is 10.6. The SMILES string of the molecule is Cc1nc(NC(=O)c2ccc(N3C[C@H](C)C[C@H](C)C3)nc2C)nc(-c2ccccn2)n1. The number of carbonyl (C=O) groups excluding carboxylic acids is 1. The van der Waals surface area contributed by atoms with Crippen LogP contribution in [0.3, 0.4) is 0 Å². The van der Waals surface area contributed by atoms with Crippen molar-refractivity contribution in [3.8, 4) is 11.5 Å². The van der Waals surface area contributed by atoms with Crippen LogP contribution in [0.25, 0.3) is 11.5 Å². The van der Waals surface area contributed by atoms with E-state index >= 15 is 0 Å². The molecule has 3 aromatic heterocycles. The van der Waals surface area contributed by atoms with Crippen molar-refractivity contribution in [3.63, 3.8) is 0 Å². The first-order chi connectivity index (χ1) is 14.9. The highest BCUT2D eigenvalue weighted by Crippen LogP contribution is 2.26. The van der Waals surface area contributed by atoms with Crippen LogP contribution >= 0.6 is 0 Å². The minimum Gasteiger partial charge on any atom is -0.356 e. The molecule has 8 heteroatoms. The second-order valence-corrected chi connectivity index (χ2v) is 8.35. The van der Waals surface area contributed by atoms with Crippen molar-refractivity contribution in [1.29, 1.82) is 0 Å². The summed E-state index contributed by atoms with van der Waals surface area (Å²) in [7, 11) is 0. The van der Waals surface area contributed by atoms with Crippen LogP contribution in [0, 0.1) is 25.7 Å². The quantitative estimate of drug-likeness (QED) is 0.691. The summed E-state index contributed by atoms with van der Waals surface area (Å²) < 4.78 is 0. The monoisotopic (exact) mass is 417 g/mol. The Labute approximate surface area is 182 Å². The van der Waals surface area contributed by atoms with Gasteiger partial charge in [-0.1, -0.05) is 19.9 Å². The fraction of sp³-hybridized carbons (Fsp3) is 0.391. The summed E-state index contributed by atoms with van der Waals surface area (Å²) in [4.78, 5) is 37.1. The van der Waals surface area contributed by atoms with Crippen molar-refractivity contribution >= 4 is 17.7 Å². The minimum atomic E-state index is -0.297. The van der Waals surface area contributed by atoms with Crippen molar-refractivity contribution in [1.82, 2.24) is 24.9 Å². The highest BCUT2D eigenvalue weighted by Gasteiger charge is 2.23. The molecule has 8 nitrogen and oxygen atoms in total. The molecule has 0 aromatic carbocycles. The Morgan fingerprint density at radius 3 is 2.45 bits per heavy atom. The number of rotatable bonds is 4. The number of aromatic nitrogens is 5. The van der Waals surface area contributed by atoms with Crippen LogP contribution in [0.15, 0.2) is 36.5 Å². The molecule has 1 amide bonds. The van der Waals surface area contributed by atoms with Crippen molar-refractivity contribution in [2.24, 2.45) is 11.8 Å². The summed E-state index contributed by atoms with van der Waals surface area (Å²) in [6, 6.07) is 9.25. The van der Waals surface area contributed by atoms with Crippen molar-refractivity contribution < 1.29 is 4.79 Å². The third-order valence-corrected chi connectivity index (χ3v) is 5.38.